The predicted octanol–water partition coefficient (Wildman–Crippen LogP) is -0.665. The molecule has 16 heavy (non-hydrogen) atoms. The van der Waals surface area contributed by atoms with Gasteiger partial charge >= 0.3 is 6.03 Å². The molecule has 0 spiro atoms. The van der Waals surface area contributed by atoms with E-state index in [-0.39, 0.29) is 18.1 Å². The molecule has 1 rings (SSSR count). The van der Waals surface area contributed by atoms with E-state index in [0.717, 1.165) is 12.8 Å². The van der Waals surface area contributed by atoms with Gasteiger partial charge in [0.05, 0.1) is 12.6 Å². The Morgan fingerprint density at radius 2 is 2.06 bits per heavy atom. The van der Waals surface area contributed by atoms with Crippen molar-refractivity contribution in [2.75, 3.05) is 13.2 Å². The second-order valence-corrected chi connectivity index (χ2v) is 4.15. The molecule has 0 heterocycles. The molecule has 3 amide bonds. The summed E-state index contributed by atoms with van der Waals surface area (Å²) in [6, 6.07) is -0.979. The highest BCUT2D eigenvalue weighted by atomic mass is 16.3. The van der Waals surface area contributed by atoms with Gasteiger partial charge in [-0.15, -0.1) is 0 Å². The lowest BCUT2D eigenvalue weighted by molar-refractivity contribution is -0.122. The Morgan fingerprint density at radius 3 is 2.50 bits per heavy atom. The number of rotatable bonds is 5. The lowest BCUT2D eigenvalue weighted by Gasteiger charge is -2.19. The van der Waals surface area contributed by atoms with Crippen molar-refractivity contribution in [1.29, 1.82) is 0 Å². The fraction of sp³-hybridized carbons (Fsp3) is 0.800. The Hall–Kier alpha value is -1.14. The van der Waals surface area contributed by atoms with Gasteiger partial charge in [0.2, 0.25) is 5.91 Å². The van der Waals surface area contributed by atoms with Crippen LogP contribution in [0.5, 0.6) is 0 Å². The molecule has 1 saturated carbocycles. The summed E-state index contributed by atoms with van der Waals surface area (Å²) in [5.74, 6) is -0.384. The molecule has 1 atom stereocenters. The minimum Gasteiger partial charge on any atom is -0.394 e. The van der Waals surface area contributed by atoms with Gasteiger partial charge in [0, 0.05) is 12.1 Å². The number of carbonyl (C=O) groups excluding carboxylic acids is 2. The summed E-state index contributed by atoms with van der Waals surface area (Å²) >= 11 is 0. The number of urea groups is 1. The van der Waals surface area contributed by atoms with Crippen molar-refractivity contribution in [3.05, 3.63) is 0 Å². The van der Waals surface area contributed by atoms with E-state index in [2.05, 4.69) is 16.0 Å². The fourth-order valence-corrected chi connectivity index (χ4v) is 1.45. The molecule has 0 saturated heterocycles. The molecule has 92 valence electrons. The van der Waals surface area contributed by atoms with Crippen molar-refractivity contribution in [1.82, 2.24) is 16.0 Å². The molecule has 0 aromatic rings. The van der Waals surface area contributed by atoms with Crippen LogP contribution in [0.15, 0.2) is 0 Å². The number of carbonyl (C=O) groups is 2. The van der Waals surface area contributed by atoms with Crippen molar-refractivity contribution < 1.29 is 14.7 Å². The van der Waals surface area contributed by atoms with Gasteiger partial charge in [0.15, 0.2) is 0 Å². The van der Waals surface area contributed by atoms with E-state index in [0.29, 0.717) is 6.54 Å². The maximum Gasteiger partial charge on any atom is 0.321 e. The summed E-state index contributed by atoms with van der Waals surface area (Å²) in [5, 5.41) is 16.8. The molecular weight excluding hydrogens is 210 g/mol. The van der Waals surface area contributed by atoms with E-state index in [1.54, 1.807) is 13.8 Å². The number of amides is 3. The molecule has 0 aromatic heterocycles. The average molecular weight is 229 g/mol. The SMILES string of the molecule is CCNC(=O)NC(=O)C(C)NC1(CO)CC1. The van der Waals surface area contributed by atoms with Gasteiger partial charge < -0.3 is 10.4 Å². The van der Waals surface area contributed by atoms with Crippen molar-refractivity contribution in [3.8, 4) is 0 Å². The summed E-state index contributed by atoms with van der Waals surface area (Å²) in [5.41, 5.74) is -0.308. The molecule has 1 unspecified atom stereocenters. The second-order valence-electron chi connectivity index (χ2n) is 4.15. The minimum absolute atomic E-state index is 0.0196. The van der Waals surface area contributed by atoms with Gasteiger partial charge in [-0.05, 0) is 26.7 Å². The lowest BCUT2D eigenvalue weighted by atomic mass is 10.2. The summed E-state index contributed by atoms with van der Waals surface area (Å²) < 4.78 is 0. The Labute approximate surface area is 94.8 Å². The van der Waals surface area contributed by atoms with Crippen LogP contribution in [0, 0.1) is 0 Å². The number of imide groups is 1. The quantitative estimate of drug-likeness (QED) is 0.503. The Bertz CT molecular complexity index is 276. The highest BCUT2D eigenvalue weighted by molar-refractivity contribution is 5.96. The molecule has 0 aromatic carbocycles. The number of hydrogen-bond donors (Lipinski definition) is 4. The van der Waals surface area contributed by atoms with Crippen LogP contribution in [0.1, 0.15) is 26.7 Å². The molecule has 1 fully saturated rings. The highest BCUT2D eigenvalue weighted by Crippen LogP contribution is 2.34. The fourth-order valence-electron chi connectivity index (χ4n) is 1.45. The maximum absolute atomic E-state index is 11.5. The third kappa shape index (κ3) is 3.46. The van der Waals surface area contributed by atoms with Crippen LogP contribution < -0.4 is 16.0 Å². The normalized spacial score (nSPS) is 18.7. The Kier molecular flexibility index (Phi) is 4.26. The molecular formula is C10H19N3O3. The highest BCUT2D eigenvalue weighted by Gasteiger charge is 2.43. The van der Waals surface area contributed by atoms with E-state index >= 15 is 0 Å². The first-order chi connectivity index (χ1) is 7.53. The topological polar surface area (TPSA) is 90.5 Å². The third-order valence-corrected chi connectivity index (χ3v) is 2.65. The van der Waals surface area contributed by atoms with Gasteiger partial charge in [0.1, 0.15) is 0 Å². The molecule has 4 N–H and O–H groups in total. The van der Waals surface area contributed by atoms with Gasteiger partial charge in [-0.25, -0.2) is 4.79 Å². The molecule has 1 aliphatic carbocycles. The number of nitrogens with one attached hydrogen (secondary N) is 3. The van der Waals surface area contributed by atoms with E-state index in [9.17, 15) is 9.59 Å². The average Bonchev–Trinajstić information content (AvgIpc) is 2.98. The Balaban J connectivity index is 2.33. The maximum atomic E-state index is 11.5. The molecule has 6 heteroatoms. The van der Waals surface area contributed by atoms with Crippen LogP contribution >= 0.6 is 0 Å². The number of hydrogen-bond acceptors (Lipinski definition) is 4. The first-order valence-corrected chi connectivity index (χ1v) is 5.50. The summed E-state index contributed by atoms with van der Waals surface area (Å²) in [6.07, 6.45) is 1.73. The predicted molar refractivity (Wildman–Crippen MR) is 58.9 cm³/mol. The van der Waals surface area contributed by atoms with Crippen molar-refractivity contribution in [3.63, 3.8) is 0 Å². The summed E-state index contributed by atoms with van der Waals surface area (Å²) in [4.78, 5) is 22.6. The van der Waals surface area contributed by atoms with Crippen LogP contribution in [0.25, 0.3) is 0 Å². The van der Waals surface area contributed by atoms with E-state index < -0.39 is 12.1 Å². The van der Waals surface area contributed by atoms with E-state index in [1.807, 2.05) is 0 Å². The van der Waals surface area contributed by atoms with Crippen LogP contribution in [0.3, 0.4) is 0 Å². The molecule has 0 bridgehead atoms. The van der Waals surface area contributed by atoms with E-state index in [4.69, 9.17) is 5.11 Å². The zero-order valence-electron chi connectivity index (χ0n) is 9.67. The molecule has 0 aliphatic heterocycles. The standard InChI is InChI=1S/C10H19N3O3/c1-3-11-9(16)12-8(15)7(2)13-10(6-14)4-5-10/h7,13-14H,3-6H2,1-2H3,(H2,11,12,15,16). The molecule has 1 aliphatic rings. The molecule has 6 nitrogen and oxygen atoms in total. The summed E-state index contributed by atoms with van der Waals surface area (Å²) in [7, 11) is 0. The van der Waals surface area contributed by atoms with Crippen molar-refractivity contribution in [2.24, 2.45) is 0 Å². The first kappa shape index (κ1) is 12.9. The van der Waals surface area contributed by atoms with Crippen LogP contribution in [-0.4, -0.2) is 41.8 Å². The zero-order valence-corrected chi connectivity index (χ0v) is 9.67. The van der Waals surface area contributed by atoms with Crippen molar-refractivity contribution in [2.45, 2.75) is 38.3 Å². The van der Waals surface area contributed by atoms with Crippen LogP contribution in [0.4, 0.5) is 4.79 Å². The number of aliphatic hydroxyl groups excluding tert-OH is 1. The largest absolute Gasteiger partial charge is 0.394 e. The zero-order chi connectivity index (χ0) is 12.2. The lowest BCUT2D eigenvalue weighted by Crippen LogP contribution is -2.52. The number of aliphatic hydroxyl groups is 1. The minimum atomic E-state index is -0.491. The smallest absolute Gasteiger partial charge is 0.321 e. The Morgan fingerprint density at radius 1 is 1.44 bits per heavy atom. The molecule has 0 radical (unpaired) electrons. The van der Waals surface area contributed by atoms with Gasteiger partial charge in [0.25, 0.3) is 0 Å². The monoisotopic (exact) mass is 229 g/mol. The van der Waals surface area contributed by atoms with Crippen LogP contribution in [-0.2, 0) is 4.79 Å². The van der Waals surface area contributed by atoms with E-state index in [1.165, 1.54) is 0 Å². The van der Waals surface area contributed by atoms with Gasteiger partial charge in [-0.2, -0.15) is 0 Å². The van der Waals surface area contributed by atoms with Crippen LogP contribution in [0.2, 0.25) is 0 Å². The third-order valence-electron chi connectivity index (χ3n) is 2.65. The summed E-state index contributed by atoms with van der Waals surface area (Å²) in [6.45, 7) is 3.94. The first-order valence-electron chi connectivity index (χ1n) is 5.50. The van der Waals surface area contributed by atoms with Gasteiger partial charge in [-0.1, -0.05) is 0 Å². The second kappa shape index (κ2) is 5.27. The van der Waals surface area contributed by atoms with Crippen molar-refractivity contribution >= 4 is 11.9 Å². The van der Waals surface area contributed by atoms with Gasteiger partial charge in [-0.3, -0.25) is 15.4 Å².